The van der Waals surface area contributed by atoms with Crippen molar-refractivity contribution < 1.29 is 4.74 Å². The molecule has 6 heteroatoms. The molecule has 0 saturated heterocycles. The Labute approximate surface area is 143 Å². The van der Waals surface area contributed by atoms with Crippen molar-refractivity contribution in [2.75, 3.05) is 26.8 Å². The molecule has 2 N–H and O–H groups in total. The van der Waals surface area contributed by atoms with E-state index in [9.17, 15) is 0 Å². The minimum absolute atomic E-state index is 0.223. The average Bonchev–Trinajstić information content (AvgIpc) is 3.10. The zero-order valence-electron chi connectivity index (χ0n) is 14.7. The van der Waals surface area contributed by atoms with Gasteiger partial charge in [-0.15, -0.1) is 0 Å². The van der Waals surface area contributed by atoms with Crippen LogP contribution in [-0.2, 0) is 11.2 Å². The third-order valence-electron chi connectivity index (χ3n) is 3.52. The number of nitrogens with zero attached hydrogens (tertiary/aromatic N) is 3. The quantitative estimate of drug-likeness (QED) is 0.574. The van der Waals surface area contributed by atoms with Crippen molar-refractivity contribution in [2.24, 2.45) is 4.99 Å². The minimum atomic E-state index is 0.223. The van der Waals surface area contributed by atoms with Gasteiger partial charge >= 0.3 is 0 Å². The Morgan fingerprint density at radius 1 is 1.33 bits per heavy atom. The van der Waals surface area contributed by atoms with Gasteiger partial charge in [-0.2, -0.15) is 5.10 Å². The van der Waals surface area contributed by atoms with Gasteiger partial charge in [0, 0.05) is 38.6 Å². The van der Waals surface area contributed by atoms with Gasteiger partial charge in [0.25, 0.3) is 0 Å². The molecular weight excluding hydrogens is 302 g/mol. The Bertz CT molecular complexity index is 607. The van der Waals surface area contributed by atoms with Gasteiger partial charge < -0.3 is 15.4 Å². The van der Waals surface area contributed by atoms with Gasteiger partial charge in [0.2, 0.25) is 0 Å². The van der Waals surface area contributed by atoms with Gasteiger partial charge in [-0.05, 0) is 44.0 Å². The molecule has 0 fully saturated rings. The van der Waals surface area contributed by atoms with Crippen LogP contribution < -0.4 is 10.6 Å². The molecule has 0 radical (unpaired) electrons. The fourth-order valence-electron chi connectivity index (χ4n) is 2.38. The summed E-state index contributed by atoms with van der Waals surface area (Å²) in [6.07, 6.45) is 4.62. The molecule has 130 valence electrons. The number of hydrogen-bond donors (Lipinski definition) is 2. The van der Waals surface area contributed by atoms with Crippen LogP contribution in [-0.4, -0.2) is 48.6 Å². The van der Waals surface area contributed by atoms with E-state index in [-0.39, 0.29) is 6.04 Å². The molecule has 6 nitrogen and oxygen atoms in total. The molecule has 2 aromatic rings. The summed E-state index contributed by atoms with van der Waals surface area (Å²) < 4.78 is 7.00. The summed E-state index contributed by atoms with van der Waals surface area (Å²) in [6.45, 7) is 6.36. The van der Waals surface area contributed by atoms with E-state index < -0.39 is 0 Å². The Kier molecular flexibility index (Phi) is 7.29. The molecule has 0 aliphatic heterocycles. The number of guanidine groups is 1. The third kappa shape index (κ3) is 5.70. The largest absolute Gasteiger partial charge is 0.383 e. The number of nitrogens with one attached hydrogen (secondary N) is 2. The molecule has 0 bridgehead atoms. The van der Waals surface area contributed by atoms with E-state index in [4.69, 9.17) is 4.74 Å². The van der Waals surface area contributed by atoms with E-state index in [0.717, 1.165) is 31.2 Å². The zero-order chi connectivity index (χ0) is 17.2. The average molecular weight is 329 g/mol. The summed E-state index contributed by atoms with van der Waals surface area (Å²) >= 11 is 0. The van der Waals surface area contributed by atoms with Crippen LogP contribution >= 0.6 is 0 Å². The monoisotopic (exact) mass is 329 g/mol. The lowest BCUT2D eigenvalue weighted by Gasteiger charge is -2.17. The zero-order valence-corrected chi connectivity index (χ0v) is 14.7. The SMILES string of the molecule is CCNC(=NCCc1ccc(-n2cccn2)cc1)NC(C)COC. The molecule has 0 aliphatic rings. The molecule has 1 unspecified atom stereocenters. The standard InChI is InChI=1S/C18H27N5O/c1-4-19-18(22-15(2)14-24-3)20-12-10-16-6-8-17(9-7-16)23-13-5-11-21-23/h5-9,11,13,15H,4,10,12,14H2,1-3H3,(H2,19,20,22). The van der Waals surface area contributed by atoms with E-state index in [1.54, 1.807) is 13.3 Å². The van der Waals surface area contributed by atoms with Crippen LogP contribution in [0.4, 0.5) is 0 Å². The van der Waals surface area contributed by atoms with Crippen LogP contribution in [0.1, 0.15) is 19.4 Å². The topological polar surface area (TPSA) is 63.5 Å². The summed E-state index contributed by atoms with van der Waals surface area (Å²) in [4.78, 5) is 4.62. The summed E-state index contributed by atoms with van der Waals surface area (Å²) in [5, 5.41) is 10.8. The molecule has 0 aliphatic carbocycles. The molecule has 1 atom stereocenters. The van der Waals surface area contributed by atoms with E-state index in [1.807, 2.05) is 16.9 Å². The molecule has 0 saturated carbocycles. The Balaban J connectivity index is 1.88. The number of aromatic nitrogens is 2. The maximum absolute atomic E-state index is 5.15. The molecule has 2 rings (SSSR count). The predicted molar refractivity (Wildman–Crippen MR) is 97.7 cm³/mol. The van der Waals surface area contributed by atoms with Crippen LogP contribution in [0.3, 0.4) is 0 Å². The lowest BCUT2D eigenvalue weighted by molar-refractivity contribution is 0.179. The second-order valence-electron chi connectivity index (χ2n) is 5.63. The summed E-state index contributed by atoms with van der Waals surface area (Å²) in [5.41, 5.74) is 2.33. The molecule has 0 amide bonds. The van der Waals surface area contributed by atoms with E-state index in [0.29, 0.717) is 6.61 Å². The number of aliphatic imine (C=N–C) groups is 1. The van der Waals surface area contributed by atoms with Crippen LogP contribution in [0, 0.1) is 0 Å². The smallest absolute Gasteiger partial charge is 0.191 e. The lowest BCUT2D eigenvalue weighted by Crippen LogP contribution is -2.44. The Hall–Kier alpha value is -2.34. The van der Waals surface area contributed by atoms with Gasteiger partial charge in [-0.25, -0.2) is 4.68 Å². The van der Waals surface area contributed by atoms with Crippen molar-refractivity contribution in [3.05, 3.63) is 48.3 Å². The van der Waals surface area contributed by atoms with Crippen molar-refractivity contribution in [1.82, 2.24) is 20.4 Å². The van der Waals surface area contributed by atoms with Crippen molar-refractivity contribution in [3.8, 4) is 5.69 Å². The van der Waals surface area contributed by atoms with Crippen LogP contribution in [0.25, 0.3) is 5.69 Å². The first-order chi connectivity index (χ1) is 11.7. The first-order valence-corrected chi connectivity index (χ1v) is 8.35. The van der Waals surface area contributed by atoms with Crippen LogP contribution in [0.5, 0.6) is 0 Å². The summed E-state index contributed by atoms with van der Waals surface area (Å²) in [5.74, 6) is 0.829. The minimum Gasteiger partial charge on any atom is -0.383 e. The molecule has 0 spiro atoms. The first-order valence-electron chi connectivity index (χ1n) is 8.35. The second kappa shape index (κ2) is 9.72. The van der Waals surface area contributed by atoms with Crippen LogP contribution in [0.2, 0.25) is 0 Å². The third-order valence-corrected chi connectivity index (χ3v) is 3.52. The van der Waals surface area contributed by atoms with Gasteiger partial charge in [0.05, 0.1) is 12.3 Å². The van der Waals surface area contributed by atoms with E-state index >= 15 is 0 Å². The highest BCUT2D eigenvalue weighted by molar-refractivity contribution is 5.80. The molecule has 24 heavy (non-hydrogen) atoms. The van der Waals surface area contributed by atoms with Crippen molar-refractivity contribution in [1.29, 1.82) is 0 Å². The highest BCUT2D eigenvalue weighted by atomic mass is 16.5. The van der Waals surface area contributed by atoms with Gasteiger partial charge in [0.1, 0.15) is 0 Å². The maximum atomic E-state index is 5.15. The molecule has 1 aromatic heterocycles. The summed E-state index contributed by atoms with van der Waals surface area (Å²) in [6, 6.07) is 10.6. The van der Waals surface area contributed by atoms with Crippen LogP contribution in [0.15, 0.2) is 47.7 Å². The molecular formula is C18H27N5O. The van der Waals surface area contributed by atoms with Gasteiger partial charge in [-0.3, -0.25) is 4.99 Å². The van der Waals surface area contributed by atoms with E-state index in [2.05, 4.69) is 58.8 Å². The Morgan fingerprint density at radius 2 is 2.12 bits per heavy atom. The van der Waals surface area contributed by atoms with Crippen molar-refractivity contribution >= 4 is 5.96 Å². The van der Waals surface area contributed by atoms with Crippen molar-refractivity contribution in [3.63, 3.8) is 0 Å². The predicted octanol–water partition coefficient (Wildman–Crippen LogP) is 2.00. The van der Waals surface area contributed by atoms with Gasteiger partial charge in [-0.1, -0.05) is 12.1 Å². The second-order valence-corrected chi connectivity index (χ2v) is 5.63. The molecule has 1 heterocycles. The number of hydrogen-bond acceptors (Lipinski definition) is 3. The lowest BCUT2D eigenvalue weighted by atomic mass is 10.1. The molecule has 1 aromatic carbocycles. The fraction of sp³-hybridized carbons (Fsp3) is 0.444. The number of ether oxygens (including phenoxy) is 1. The highest BCUT2D eigenvalue weighted by Crippen LogP contribution is 2.09. The highest BCUT2D eigenvalue weighted by Gasteiger charge is 2.04. The number of rotatable bonds is 8. The van der Waals surface area contributed by atoms with E-state index in [1.165, 1.54) is 5.56 Å². The van der Waals surface area contributed by atoms with Gasteiger partial charge in [0.15, 0.2) is 5.96 Å². The fourth-order valence-corrected chi connectivity index (χ4v) is 2.38. The Morgan fingerprint density at radius 3 is 2.75 bits per heavy atom. The number of methoxy groups -OCH3 is 1. The number of benzene rings is 1. The maximum Gasteiger partial charge on any atom is 0.191 e. The normalized spacial score (nSPS) is 12.9. The van der Waals surface area contributed by atoms with Crippen molar-refractivity contribution in [2.45, 2.75) is 26.3 Å². The first kappa shape index (κ1) is 18.0. The summed E-state index contributed by atoms with van der Waals surface area (Å²) in [7, 11) is 1.70.